The first-order valence-corrected chi connectivity index (χ1v) is 8.65. The van der Waals surface area contributed by atoms with E-state index in [9.17, 15) is 0 Å². The van der Waals surface area contributed by atoms with Crippen molar-refractivity contribution in [2.24, 2.45) is 0 Å². The number of fused-ring (bicyclic) bond motifs is 1. The maximum atomic E-state index is 5.89. The Kier molecular flexibility index (Phi) is 4.57. The highest BCUT2D eigenvalue weighted by Gasteiger charge is 2.31. The minimum Gasteiger partial charge on any atom is -0.493 e. The second-order valence-corrected chi connectivity index (χ2v) is 7.61. The molecule has 0 saturated carbocycles. The lowest BCUT2D eigenvalue weighted by atomic mass is 9.92. The van der Waals surface area contributed by atoms with Crippen LogP contribution in [0.5, 0.6) is 5.75 Å². The minimum atomic E-state index is -0.0142. The van der Waals surface area contributed by atoms with Crippen molar-refractivity contribution in [2.45, 2.75) is 57.2 Å². The average Bonchev–Trinajstić information content (AvgIpc) is 2.60. The maximum absolute atomic E-state index is 5.89. The Morgan fingerprint density at radius 2 is 2.10 bits per heavy atom. The van der Waals surface area contributed by atoms with E-state index in [0.717, 1.165) is 49.1 Å². The van der Waals surface area contributed by atoms with Crippen molar-refractivity contribution in [2.75, 3.05) is 13.2 Å². The predicted octanol–water partition coefficient (Wildman–Crippen LogP) is 4.21. The van der Waals surface area contributed by atoms with Crippen molar-refractivity contribution < 1.29 is 9.47 Å². The highest BCUT2D eigenvalue weighted by molar-refractivity contribution is 9.10. The molecule has 0 aliphatic carbocycles. The van der Waals surface area contributed by atoms with Crippen molar-refractivity contribution in [3.8, 4) is 5.75 Å². The molecule has 1 saturated heterocycles. The smallest absolute Gasteiger partial charge is 0.125 e. The molecule has 1 N–H and O–H groups in total. The fraction of sp³-hybridized carbons (Fsp3) is 0.647. The second-order valence-electron chi connectivity index (χ2n) is 6.69. The molecule has 0 spiro atoms. The first kappa shape index (κ1) is 15.3. The van der Waals surface area contributed by atoms with Crippen LogP contribution in [-0.4, -0.2) is 24.9 Å². The van der Waals surface area contributed by atoms with Crippen LogP contribution >= 0.6 is 15.9 Å². The fourth-order valence-corrected chi connectivity index (χ4v) is 3.72. The van der Waals surface area contributed by atoms with E-state index in [1.165, 1.54) is 5.56 Å². The van der Waals surface area contributed by atoms with Crippen LogP contribution in [0.3, 0.4) is 0 Å². The summed E-state index contributed by atoms with van der Waals surface area (Å²) in [7, 11) is 0. The monoisotopic (exact) mass is 353 g/mol. The standard InChI is InChI=1S/C17H24BrNO2/c1-17(2)11-13(7-9-21-17)19-15-4-3-8-20-16-10-12(18)5-6-14(15)16/h5-6,10,13,15,19H,3-4,7-9,11H2,1-2H3. The molecular weight excluding hydrogens is 330 g/mol. The van der Waals surface area contributed by atoms with Crippen molar-refractivity contribution in [1.29, 1.82) is 0 Å². The zero-order chi connectivity index (χ0) is 14.9. The maximum Gasteiger partial charge on any atom is 0.125 e. The van der Waals surface area contributed by atoms with Crippen LogP contribution in [0.4, 0.5) is 0 Å². The van der Waals surface area contributed by atoms with Gasteiger partial charge in [-0.2, -0.15) is 0 Å². The van der Waals surface area contributed by atoms with Crippen molar-refractivity contribution >= 4 is 15.9 Å². The van der Waals surface area contributed by atoms with Gasteiger partial charge in [0.25, 0.3) is 0 Å². The average molecular weight is 354 g/mol. The van der Waals surface area contributed by atoms with Gasteiger partial charge in [0, 0.05) is 28.7 Å². The van der Waals surface area contributed by atoms with Gasteiger partial charge in [-0.3, -0.25) is 0 Å². The zero-order valence-electron chi connectivity index (χ0n) is 12.8. The number of nitrogens with one attached hydrogen (secondary N) is 1. The van der Waals surface area contributed by atoms with E-state index in [1.54, 1.807) is 0 Å². The number of hydrogen-bond acceptors (Lipinski definition) is 3. The van der Waals surface area contributed by atoms with Gasteiger partial charge in [-0.25, -0.2) is 0 Å². The van der Waals surface area contributed by atoms with Crippen LogP contribution in [0.15, 0.2) is 22.7 Å². The quantitative estimate of drug-likeness (QED) is 0.863. The molecular formula is C17H24BrNO2. The Hall–Kier alpha value is -0.580. The van der Waals surface area contributed by atoms with Gasteiger partial charge in [0.15, 0.2) is 0 Å². The molecule has 2 atom stereocenters. The van der Waals surface area contributed by atoms with Gasteiger partial charge >= 0.3 is 0 Å². The summed E-state index contributed by atoms with van der Waals surface area (Å²) in [6, 6.07) is 7.29. The van der Waals surface area contributed by atoms with E-state index in [-0.39, 0.29) is 5.60 Å². The second kappa shape index (κ2) is 6.27. The summed E-state index contributed by atoms with van der Waals surface area (Å²) >= 11 is 3.53. The topological polar surface area (TPSA) is 30.5 Å². The first-order chi connectivity index (χ1) is 10.0. The molecule has 2 heterocycles. The van der Waals surface area contributed by atoms with Gasteiger partial charge in [0.2, 0.25) is 0 Å². The lowest BCUT2D eigenvalue weighted by molar-refractivity contribution is -0.0643. The molecule has 2 aliphatic rings. The molecule has 1 fully saturated rings. The van der Waals surface area contributed by atoms with E-state index in [0.29, 0.717) is 12.1 Å². The molecule has 21 heavy (non-hydrogen) atoms. The van der Waals surface area contributed by atoms with Crippen LogP contribution in [0, 0.1) is 0 Å². The van der Waals surface area contributed by atoms with Gasteiger partial charge in [0.1, 0.15) is 5.75 Å². The molecule has 0 bridgehead atoms. The van der Waals surface area contributed by atoms with Gasteiger partial charge in [-0.15, -0.1) is 0 Å². The summed E-state index contributed by atoms with van der Waals surface area (Å²) in [5.41, 5.74) is 1.28. The molecule has 1 aromatic rings. The summed E-state index contributed by atoms with van der Waals surface area (Å²) in [6.45, 7) is 6.02. The van der Waals surface area contributed by atoms with E-state index in [1.807, 2.05) is 0 Å². The van der Waals surface area contributed by atoms with Crippen LogP contribution in [0.25, 0.3) is 0 Å². The SMILES string of the molecule is CC1(C)CC(NC2CCCOc3cc(Br)ccc32)CCO1. The van der Waals surface area contributed by atoms with E-state index in [2.05, 4.69) is 53.3 Å². The molecule has 3 rings (SSSR count). The van der Waals surface area contributed by atoms with E-state index < -0.39 is 0 Å². The summed E-state index contributed by atoms with van der Waals surface area (Å²) in [6.07, 6.45) is 4.38. The van der Waals surface area contributed by atoms with E-state index >= 15 is 0 Å². The molecule has 2 aliphatic heterocycles. The Balaban J connectivity index is 1.76. The summed E-state index contributed by atoms with van der Waals surface area (Å²) in [4.78, 5) is 0. The lowest BCUT2D eigenvalue weighted by Gasteiger charge is -2.37. The zero-order valence-corrected chi connectivity index (χ0v) is 14.4. The molecule has 3 nitrogen and oxygen atoms in total. The minimum absolute atomic E-state index is 0.0142. The third kappa shape index (κ3) is 3.79. The first-order valence-electron chi connectivity index (χ1n) is 7.86. The van der Waals surface area contributed by atoms with Gasteiger partial charge in [-0.1, -0.05) is 22.0 Å². The number of hydrogen-bond donors (Lipinski definition) is 1. The Labute approximate surface area is 135 Å². The Morgan fingerprint density at radius 1 is 1.24 bits per heavy atom. The van der Waals surface area contributed by atoms with Crippen LogP contribution in [0.1, 0.15) is 51.1 Å². The summed E-state index contributed by atoms with van der Waals surface area (Å²) in [5.74, 6) is 1.02. The molecule has 1 aromatic carbocycles. The van der Waals surface area contributed by atoms with Crippen molar-refractivity contribution in [3.05, 3.63) is 28.2 Å². The van der Waals surface area contributed by atoms with Crippen LogP contribution in [0.2, 0.25) is 0 Å². The Bertz CT molecular complexity index is 504. The highest BCUT2D eigenvalue weighted by atomic mass is 79.9. The largest absolute Gasteiger partial charge is 0.493 e. The molecule has 0 amide bonds. The van der Waals surface area contributed by atoms with Gasteiger partial charge in [0.05, 0.1) is 12.2 Å². The Morgan fingerprint density at radius 3 is 2.90 bits per heavy atom. The van der Waals surface area contributed by atoms with Gasteiger partial charge in [-0.05, 0) is 51.7 Å². The van der Waals surface area contributed by atoms with Gasteiger partial charge < -0.3 is 14.8 Å². The number of ether oxygens (including phenoxy) is 2. The number of halogens is 1. The molecule has 0 aromatic heterocycles. The third-order valence-electron chi connectivity index (χ3n) is 4.38. The predicted molar refractivity (Wildman–Crippen MR) is 87.8 cm³/mol. The molecule has 2 unspecified atom stereocenters. The van der Waals surface area contributed by atoms with Crippen molar-refractivity contribution in [1.82, 2.24) is 5.32 Å². The molecule has 4 heteroatoms. The van der Waals surface area contributed by atoms with Crippen LogP contribution in [-0.2, 0) is 4.74 Å². The number of benzene rings is 1. The summed E-state index contributed by atoms with van der Waals surface area (Å²) < 4.78 is 12.8. The summed E-state index contributed by atoms with van der Waals surface area (Å²) in [5, 5.41) is 3.85. The lowest BCUT2D eigenvalue weighted by Crippen LogP contribution is -2.44. The van der Waals surface area contributed by atoms with E-state index in [4.69, 9.17) is 9.47 Å². The molecule has 116 valence electrons. The third-order valence-corrected chi connectivity index (χ3v) is 4.87. The van der Waals surface area contributed by atoms with Crippen LogP contribution < -0.4 is 10.1 Å². The van der Waals surface area contributed by atoms with Crippen molar-refractivity contribution in [3.63, 3.8) is 0 Å². The normalized spacial score (nSPS) is 28.3. The number of rotatable bonds is 2. The fourth-order valence-electron chi connectivity index (χ4n) is 3.38. The molecule has 0 radical (unpaired) electrons. The highest BCUT2D eigenvalue weighted by Crippen LogP contribution is 2.35.